The minimum Gasteiger partial charge on any atom is -0.497 e. The predicted molar refractivity (Wildman–Crippen MR) is 66.9 cm³/mol. The number of methoxy groups -OCH3 is 1. The molecular formula is C13H14N2O3. The second kappa shape index (κ2) is 4.52. The van der Waals surface area contributed by atoms with Gasteiger partial charge in [0, 0.05) is 12.6 Å². The van der Waals surface area contributed by atoms with Crippen molar-refractivity contribution in [1.82, 2.24) is 9.55 Å². The fourth-order valence-electron chi connectivity index (χ4n) is 1.86. The standard InChI is InChI=1S/C13H14N2O3/c1-8-14-11(13(16)17)12(15(8)2)9-5-4-6-10(7-9)18-3/h4-7H,1-3H3,(H,16,17). The van der Waals surface area contributed by atoms with Crippen LogP contribution in [-0.4, -0.2) is 27.7 Å². The first-order valence-corrected chi connectivity index (χ1v) is 5.45. The first-order valence-electron chi connectivity index (χ1n) is 5.45. The number of carboxylic acids is 1. The third kappa shape index (κ3) is 1.95. The molecule has 0 aliphatic heterocycles. The number of carbonyl (C=O) groups is 1. The molecule has 5 nitrogen and oxygen atoms in total. The molecule has 2 rings (SSSR count). The van der Waals surface area contributed by atoms with E-state index in [1.807, 2.05) is 18.2 Å². The van der Waals surface area contributed by atoms with Gasteiger partial charge in [-0.3, -0.25) is 0 Å². The van der Waals surface area contributed by atoms with Gasteiger partial charge in [0.2, 0.25) is 0 Å². The van der Waals surface area contributed by atoms with Gasteiger partial charge in [0.25, 0.3) is 0 Å². The third-order valence-corrected chi connectivity index (χ3v) is 2.86. The highest BCUT2D eigenvalue weighted by Crippen LogP contribution is 2.27. The summed E-state index contributed by atoms with van der Waals surface area (Å²) in [5.41, 5.74) is 1.41. The number of hydrogen-bond donors (Lipinski definition) is 1. The van der Waals surface area contributed by atoms with Crippen LogP contribution in [0.25, 0.3) is 11.3 Å². The number of aromatic carboxylic acids is 1. The normalized spacial score (nSPS) is 10.4. The predicted octanol–water partition coefficient (Wildman–Crippen LogP) is 2.10. The van der Waals surface area contributed by atoms with Gasteiger partial charge < -0.3 is 14.4 Å². The summed E-state index contributed by atoms with van der Waals surface area (Å²) in [5.74, 6) is 0.310. The van der Waals surface area contributed by atoms with Crippen LogP contribution in [0.2, 0.25) is 0 Å². The van der Waals surface area contributed by atoms with Crippen molar-refractivity contribution in [3.8, 4) is 17.0 Å². The van der Waals surface area contributed by atoms with Crippen molar-refractivity contribution in [3.05, 3.63) is 35.8 Å². The lowest BCUT2D eigenvalue weighted by Gasteiger charge is -2.07. The number of benzene rings is 1. The quantitative estimate of drug-likeness (QED) is 0.900. The van der Waals surface area contributed by atoms with E-state index >= 15 is 0 Å². The van der Waals surface area contributed by atoms with E-state index in [2.05, 4.69) is 4.98 Å². The second-order valence-electron chi connectivity index (χ2n) is 3.95. The highest BCUT2D eigenvalue weighted by atomic mass is 16.5. The van der Waals surface area contributed by atoms with Crippen molar-refractivity contribution in [3.63, 3.8) is 0 Å². The van der Waals surface area contributed by atoms with E-state index in [-0.39, 0.29) is 5.69 Å². The molecule has 94 valence electrons. The SMILES string of the molecule is COc1cccc(-c2c(C(=O)O)nc(C)n2C)c1. The summed E-state index contributed by atoms with van der Waals surface area (Å²) in [6.45, 7) is 1.77. The Bertz CT molecular complexity index is 602. The zero-order valence-corrected chi connectivity index (χ0v) is 10.5. The zero-order valence-electron chi connectivity index (χ0n) is 10.5. The Morgan fingerprint density at radius 2 is 2.17 bits per heavy atom. The van der Waals surface area contributed by atoms with Crippen molar-refractivity contribution < 1.29 is 14.6 Å². The maximum absolute atomic E-state index is 11.2. The number of nitrogens with zero attached hydrogens (tertiary/aromatic N) is 2. The molecule has 1 aromatic heterocycles. The van der Waals surface area contributed by atoms with Gasteiger partial charge in [0.1, 0.15) is 11.6 Å². The number of carboxylic acid groups (broad SMARTS) is 1. The maximum atomic E-state index is 11.2. The molecular weight excluding hydrogens is 232 g/mol. The Balaban J connectivity index is 2.65. The van der Waals surface area contributed by atoms with Crippen LogP contribution in [0.5, 0.6) is 5.75 Å². The summed E-state index contributed by atoms with van der Waals surface area (Å²) < 4.78 is 6.91. The van der Waals surface area contributed by atoms with Crippen LogP contribution in [0.4, 0.5) is 0 Å². The number of aryl methyl sites for hydroxylation is 1. The van der Waals surface area contributed by atoms with Crippen LogP contribution in [0, 0.1) is 6.92 Å². The van der Waals surface area contributed by atoms with Crippen molar-refractivity contribution in [2.45, 2.75) is 6.92 Å². The molecule has 0 radical (unpaired) electrons. The van der Waals surface area contributed by atoms with Gasteiger partial charge in [-0.1, -0.05) is 12.1 Å². The molecule has 0 unspecified atom stereocenters. The largest absolute Gasteiger partial charge is 0.497 e. The Kier molecular flexibility index (Phi) is 3.06. The van der Waals surface area contributed by atoms with Crippen molar-refractivity contribution in [2.75, 3.05) is 7.11 Å². The highest BCUT2D eigenvalue weighted by Gasteiger charge is 2.19. The lowest BCUT2D eigenvalue weighted by Crippen LogP contribution is -2.01. The molecule has 0 saturated heterocycles. The van der Waals surface area contributed by atoms with Gasteiger partial charge in [-0.25, -0.2) is 9.78 Å². The summed E-state index contributed by atoms with van der Waals surface area (Å²) in [6.07, 6.45) is 0. The van der Waals surface area contributed by atoms with Crippen LogP contribution >= 0.6 is 0 Å². The van der Waals surface area contributed by atoms with E-state index in [1.165, 1.54) is 0 Å². The fourth-order valence-corrected chi connectivity index (χ4v) is 1.86. The molecule has 2 aromatic rings. The van der Waals surface area contributed by atoms with E-state index in [1.54, 1.807) is 31.7 Å². The third-order valence-electron chi connectivity index (χ3n) is 2.86. The lowest BCUT2D eigenvalue weighted by molar-refractivity contribution is 0.0692. The van der Waals surface area contributed by atoms with Crippen molar-refractivity contribution in [2.24, 2.45) is 7.05 Å². The number of imidazole rings is 1. The molecule has 0 spiro atoms. The molecule has 5 heteroatoms. The molecule has 1 N–H and O–H groups in total. The summed E-state index contributed by atoms with van der Waals surface area (Å²) in [7, 11) is 3.37. The fraction of sp³-hybridized carbons (Fsp3) is 0.231. The maximum Gasteiger partial charge on any atom is 0.356 e. The summed E-state index contributed by atoms with van der Waals surface area (Å²) in [5, 5.41) is 9.18. The molecule has 0 aliphatic carbocycles. The first-order chi connectivity index (χ1) is 8.54. The van der Waals surface area contributed by atoms with Gasteiger partial charge >= 0.3 is 5.97 Å². The van der Waals surface area contributed by atoms with Crippen LogP contribution < -0.4 is 4.74 Å². The number of ether oxygens (including phenoxy) is 1. The summed E-state index contributed by atoms with van der Waals surface area (Å²) in [4.78, 5) is 15.3. The second-order valence-corrected chi connectivity index (χ2v) is 3.95. The number of aromatic nitrogens is 2. The van der Waals surface area contributed by atoms with Crippen molar-refractivity contribution in [1.29, 1.82) is 0 Å². The monoisotopic (exact) mass is 246 g/mol. The lowest BCUT2D eigenvalue weighted by atomic mass is 10.1. The number of rotatable bonds is 3. The Labute approximate surface area is 105 Å². The van der Waals surface area contributed by atoms with Crippen LogP contribution in [0.15, 0.2) is 24.3 Å². The smallest absolute Gasteiger partial charge is 0.356 e. The van der Waals surface area contributed by atoms with Gasteiger partial charge in [0.05, 0.1) is 12.8 Å². The molecule has 18 heavy (non-hydrogen) atoms. The summed E-state index contributed by atoms with van der Waals surface area (Å²) in [6, 6.07) is 7.27. The Hall–Kier alpha value is -2.30. The van der Waals surface area contributed by atoms with E-state index in [0.29, 0.717) is 17.3 Å². The first kappa shape index (κ1) is 12.2. The number of hydrogen-bond acceptors (Lipinski definition) is 3. The molecule has 0 atom stereocenters. The van der Waals surface area contributed by atoms with E-state index in [0.717, 1.165) is 5.56 Å². The van der Waals surface area contributed by atoms with Gasteiger partial charge in [-0.2, -0.15) is 0 Å². The van der Waals surface area contributed by atoms with Gasteiger partial charge in [-0.05, 0) is 19.1 Å². The highest BCUT2D eigenvalue weighted by molar-refractivity contribution is 5.93. The zero-order chi connectivity index (χ0) is 13.3. The van der Waals surface area contributed by atoms with Gasteiger partial charge in [-0.15, -0.1) is 0 Å². The minimum atomic E-state index is -1.03. The topological polar surface area (TPSA) is 64.3 Å². The van der Waals surface area contributed by atoms with Crippen LogP contribution in [0.3, 0.4) is 0 Å². The molecule has 0 saturated carbocycles. The molecule has 0 fully saturated rings. The van der Waals surface area contributed by atoms with E-state index in [4.69, 9.17) is 4.74 Å². The van der Waals surface area contributed by atoms with Crippen LogP contribution in [0.1, 0.15) is 16.3 Å². The van der Waals surface area contributed by atoms with Gasteiger partial charge in [0.15, 0.2) is 5.69 Å². The molecule has 0 amide bonds. The Morgan fingerprint density at radius 3 is 2.78 bits per heavy atom. The van der Waals surface area contributed by atoms with Crippen LogP contribution in [-0.2, 0) is 7.05 Å². The average Bonchev–Trinajstić information content (AvgIpc) is 2.66. The van der Waals surface area contributed by atoms with Crippen molar-refractivity contribution >= 4 is 5.97 Å². The molecule has 0 aliphatic rings. The van der Waals surface area contributed by atoms with E-state index in [9.17, 15) is 9.90 Å². The van der Waals surface area contributed by atoms with E-state index < -0.39 is 5.97 Å². The Morgan fingerprint density at radius 1 is 1.44 bits per heavy atom. The molecule has 1 heterocycles. The average molecular weight is 246 g/mol. The minimum absolute atomic E-state index is 0.0586. The molecule has 1 aromatic carbocycles. The molecule has 0 bridgehead atoms. The summed E-state index contributed by atoms with van der Waals surface area (Å²) >= 11 is 0.